The summed E-state index contributed by atoms with van der Waals surface area (Å²) in [5.74, 6) is -0.296. The Bertz CT molecular complexity index is 545. The van der Waals surface area contributed by atoms with E-state index in [2.05, 4.69) is 15.5 Å². The zero-order chi connectivity index (χ0) is 13.7. The quantitative estimate of drug-likeness (QED) is 0.860. The maximum absolute atomic E-state index is 12.1. The van der Waals surface area contributed by atoms with Gasteiger partial charge in [0.05, 0.1) is 30.1 Å². The van der Waals surface area contributed by atoms with Crippen LogP contribution in [0, 0.1) is 0 Å². The summed E-state index contributed by atoms with van der Waals surface area (Å²) >= 11 is 0. The van der Waals surface area contributed by atoms with Gasteiger partial charge in [0.25, 0.3) is 5.91 Å². The summed E-state index contributed by atoms with van der Waals surface area (Å²) in [5.41, 5.74) is 0.417. The average Bonchev–Trinajstić information content (AvgIpc) is 2.49. The van der Waals surface area contributed by atoms with E-state index in [1.165, 1.54) is 12.4 Å². The molecule has 98 valence electrons. The van der Waals surface area contributed by atoms with E-state index in [1.807, 2.05) is 30.3 Å². The van der Waals surface area contributed by atoms with Crippen LogP contribution in [-0.4, -0.2) is 27.8 Å². The summed E-state index contributed by atoms with van der Waals surface area (Å²) in [6, 6.07) is 10.9. The zero-order valence-corrected chi connectivity index (χ0v) is 10.6. The highest BCUT2D eigenvalue weighted by molar-refractivity contribution is 5.94. The maximum Gasteiger partial charge on any atom is 0.253 e. The third-order valence-electron chi connectivity index (χ3n) is 2.96. The molecule has 2 aromatic rings. The fourth-order valence-electron chi connectivity index (χ4n) is 1.76. The van der Waals surface area contributed by atoms with E-state index < -0.39 is 5.54 Å². The minimum absolute atomic E-state index is 0.193. The number of carbonyl (C=O) groups excluding carboxylic acids is 1. The molecule has 2 N–H and O–H groups in total. The molecule has 2 rings (SSSR count). The minimum Gasteiger partial charge on any atom is -0.394 e. The molecule has 5 nitrogen and oxygen atoms in total. The highest BCUT2D eigenvalue weighted by atomic mass is 16.3. The topological polar surface area (TPSA) is 75.1 Å². The molecule has 0 saturated carbocycles. The number of hydrogen-bond acceptors (Lipinski definition) is 4. The van der Waals surface area contributed by atoms with Crippen LogP contribution in [0.5, 0.6) is 0 Å². The summed E-state index contributed by atoms with van der Waals surface area (Å²) in [6.45, 7) is 1.58. The Labute approximate surface area is 111 Å². The SMILES string of the molecule is CC(CO)(NC(=O)c1ccnnc1)c1ccccc1. The van der Waals surface area contributed by atoms with Crippen LogP contribution in [0.4, 0.5) is 0 Å². The molecule has 0 saturated heterocycles. The lowest BCUT2D eigenvalue weighted by Crippen LogP contribution is -2.46. The number of carbonyl (C=O) groups is 1. The lowest BCUT2D eigenvalue weighted by atomic mass is 9.92. The van der Waals surface area contributed by atoms with E-state index in [9.17, 15) is 9.90 Å². The summed E-state index contributed by atoms with van der Waals surface area (Å²) in [4.78, 5) is 12.1. The van der Waals surface area contributed by atoms with Gasteiger partial charge in [0.1, 0.15) is 0 Å². The second-order valence-electron chi connectivity index (χ2n) is 4.44. The summed E-state index contributed by atoms with van der Waals surface area (Å²) in [7, 11) is 0. The number of benzene rings is 1. The first-order chi connectivity index (χ1) is 9.15. The molecule has 1 atom stereocenters. The van der Waals surface area contributed by atoms with Crippen LogP contribution in [0.3, 0.4) is 0 Å². The maximum atomic E-state index is 12.1. The van der Waals surface area contributed by atoms with Crippen LogP contribution in [-0.2, 0) is 5.54 Å². The normalized spacial score (nSPS) is 13.6. The van der Waals surface area contributed by atoms with Gasteiger partial charge in [0.15, 0.2) is 0 Å². The second kappa shape index (κ2) is 5.58. The molecule has 0 fully saturated rings. The van der Waals surface area contributed by atoms with E-state index in [0.717, 1.165) is 5.56 Å². The Morgan fingerprint density at radius 3 is 2.58 bits per heavy atom. The summed E-state index contributed by atoms with van der Waals surface area (Å²) in [5, 5.41) is 19.7. The van der Waals surface area contributed by atoms with Crippen LogP contribution < -0.4 is 5.32 Å². The van der Waals surface area contributed by atoms with E-state index in [1.54, 1.807) is 13.0 Å². The highest BCUT2D eigenvalue weighted by Gasteiger charge is 2.28. The molecule has 0 radical (unpaired) electrons. The van der Waals surface area contributed by atoms with Crippen molar-refractivity contribution in [2.75, 3.05) is 6.61 Å². The van der Waals surface area contributed by atoms with Crippen LogP contribution >= 0.6 is 0 Å². The molecule has 0 bridgehead atoms. The van der Waals surface area contributed by atoms with Crippen molar-refractivity contribution in [1.82, 2.24) is 15.5 Å². The van der Waals surface area contributed by atoms with Crippen molar-refractivity contribution < 1.29 is 9.90 Å². The molecule has 0 aliphatic rings. The average molecular weight is 257 g/mol. The minimum atomic E-state index is -0.832. The van der Waals surface area contributed by atoms with Crippen molar-refractivity contribution in [1.29, 1.82) is 0 Å². The lowest BCUT2D eigenvalue weighted by molar-refractivity contribution is 0.0849. The van der Waals surface area contributed by atoms with Crippen molar-refractivity contribution in [2.45, 2.75) is 12.5 Å². The Morgan fingerprint density at radius 2 is 2.00 bits per heavy atom. The number of amides is 1. The molecule has 1 unspecified atom stereocenters. The monoisotopic (exact) mass is 257 g/mol. The first-order valence-corrected chi connectivity index (χ1v) is 5.91. The standard InChI is InChI=1S/C14H15N3O2/c1-14(10-18,12-5-3-2-4-6-12)17-13(19)11-7-8-15-16-9-11/h2-9,18H,10H2,1H3,(H,17,19). The van der Waals surface area contributed by atoms with E-state index >= 15 is 0 Å². The molecule has 0 aliphatic heterocycles. The number of nitrogens with zero attached hydrogens (tertiary/aromatic N) is 2. The predicted octanol–water partition coefficient (Wildman–Crippen LogP) is 1.11. The second-order valence-corrected chi connectivity index (χ2v) is 4.44. The first-order valence-electron chi connectivity index (χ1n) is 5.91. The largest absolute Gasteiger partial charge is 0.394 e. The number of hydrogen-bond donors (Lipinski definition) is 2. The molecule has 1 heterocycles. The van der Waals surface area contributed by atoms with Crippen molar-refractivity contribution in [2.24, 2.45) is 0 Å². The highest BCUT2D eigenvalue weighted by Crippen LogP contribution is 2.20. The smallest absolute Gasteiger partial charge is 0.253 e. The molecule has 1 amide bonds. The molecule has 0 aliphatic carbocycles. The van der Waals surface area contributed by atoms with Gasteiger partial charge < -0.3 is 10.4 Å². The van der Waals surface area contributed by atoms with Gasteiger partial charge in [-0.2, -0.15) is 10.2 Å². The van der Waals surface area contributed by atoms with Crippen molar-refractivity contribution in [3.8, 4) is 0 Å². The van der Waals surface area contributed by atoms with Gasteiger partial charge in [0.2, 0.25) is 0 Å². The van der Waals surface area contributed by atoms with E-state index in [0.29, 0.717) is 5.56 Å². The van der Waals surface area contributed by atoms with Crippen LogP contribution in [0.2, 0.25) is 0 Å². The molecule has 5 heteroatoms. The molecular formula is C14H15N3O2. The van der Waals surface area contributed by atoms with Gasteiger partial charge in [-0.3, -0.25) is 4.79 Å². The molecular weight excluding hydrogens is 242 g/mol. The fourth-order valence-corrected chi connectivity index (χ4v) is 1.76. The first kappa shape index (κ1) is 13.2. The Balaban J connectivity index is 2.22. The molecule has 1 aromatic carbocycles. The number of aliphatic hydroxyl groups excluding tert-OH is 1. The van der Waals surface area contributed by atoms with Crippen LogP contribution in [0.25, 0.3) is 0 Å². The van der Waals surface area contributed by atoms with Gasteiger partial charge in [0, 0.05) is 0 Å². The zero-order valence-electron chi connectivity index (χ0n) is 10.6. The van der Waals surface area contributed by atoms with Gasteiger partial charge in [-0.05, 0) is 18.6 Å². The van der Waals surface area contributed by atoms with Crippen LogP contribution in [0.1, 0.15) is 22.8 Å². The predicted molar refractivity (Wildman–Crippen MR) is 70.4 cm³/mol. The Kier molecular flexibility index (Phi) is 3.87. The lowest BCUT2D eigenvalue weighted by Gasteiger charge is -2.29. The number of aromatic nitrogens is 2. The van der Waals surface area contributed by atoms with Gasteiger partial charge in [-0.1, -0.05) is 30.3 Å². The van der Waals surface area contributed by atoms with E-state index in [4.69, 9.17) is 0 Å². The van der Waals surface area contributed by atoms with Gasteiger partial charge in [-0.25, -0.2) is 0 Å². The van der Waals surface area contributed by atoms with Crippen LogP contribution in [0.15, 0.2) is 48.8 Å². The van der Waals surface area contributed by atoms with E-state index in [-0.39, 0.29) is 12.5 Å². The molecule has 0 spiro atoms. The fraction of sp³-hybridized carbons (Fsp3) is 0.214. The third-order valence-corrected chi connectivity index (χ3v) is 2.96. The van der Waals surface area contributed by atoms with Gasteiger partial charge in [-0.15, -0.1) is 0 Å². The number of nitrogens with one attached hydrogen (secondary N) is 1. The molecule has 1 aromatic heterocycles. The summed E-state index contributed by atoms with van der Waals surface area (Å²) < 4.78 is 0. The Hall–Kier alpha value is -2.27. The third kappa shape index (κ3) is 2.95. The Morgan fingerprint density at radius 1 is 1.26 bits per heavy atom. The van der Waals surface area contributed by atoms with Crippen molar-refractivity contribution >= 4 is 5.91 Å². The van der Waals surface area contributed by atoms with Gasteiger partial charge >= 0.3 is 0 Å². The number of aliphatic hydroxyl groups is 1. The van der Waals surface area contributed by atoms with Crippen molar-refractivity contribution in [3.63, 3.8) is 0 Å². The van der Waals surface area contributed by atoms with Crippen molar-refractivity contribution in [3.05, 3.63) is 59.9 Å². The summed E-state index contributed by atoms with van der Waals surface area (Å²) in [6.07, 6.45) is 2.84. The molecule has 19 heavy (non-hydrogen) atoms. The number of rotatable bonds is 4.